The highest BCUT2D eigenvalue weighted by Gasteiger charge is 2.31. The van der Waals surface area contributed by atoms with Gasteiger partial charge in [0.1, 0.15) is 6.04 Å². The number of aryl methyl sites for hydroxylation is 2. The molecule has 1 unspecified atom stereocenters. The minimum atomic E-state index is -0.869. The summed E-state index contributed by atoms with van der Waals surface area (Å²) in [6.45, 7) is 11.6. The molecular weight excluding hydrogens is 538 g/mol. The number of hydrogen-bond donors (Lipinski definition) is 2. The first kappa shape index (κ1) is 31.0. The SMILES string of the molecule is CC(=O)N(Cc1cc(C)c(C)c(C)c1)C(=O)C(Cc1c[nH]c2ccccc12)NC(=O)CN1CCN(C2CCCCC2)CC1. The second-order valence-corrected chi connectivity index (χ2v) is 12.6. The quantitative estimate of drug-likeness (QED) is 0.382. The molecule has 2 N–H and O–H groups in total. The molecule has 5 rings (SSSR count). The maximum atomic E-state index is 14.1. The number of H-pyrrole nitrogens is 1. The van der Waals surface area contributed by atoms with Crippen LogP contribution in [0.3, 0.4) is 0 Å². The second-order valence-electron chi connectivity index (χ2n) is 12.6. The zero-order chi connectivity index (χ0) is 30.5. The van der Waals surface area contributed by atoms with Gasteiger partial charge in [-0.3, -0.25) is 29.1 Å². The van der Waals surface area contributed by atoms with Crippen molar-refractivity contribution in [2.24, 2.45) is 0 Å². The molecule has 2 fully saturated rings. The van der Waals surface area contributed by atoms with E-state index in [1.807, 2.05) is 56.4 Å². The molecule has 0 spiro atoms. The van der Waals surface area contributed by atoms with E-state index in [4.69, 9.17) is 0 Å². The van der Waals surface area contributed by atoms with Crippen molar-refractivity contribution in [2.75, 3.05) is 32.7 Å². The smallest absolute Gasteiger partial charge is 0.252 e. The zero-order valence-corrected chi connectivity index (χ0v) is 26.2. The summed E-state index contributed by atoms with van der Waals surface area (Å²) < 4.78 is 0. The van der Waals surface area contributed by atoms with E-state index in [1.54, 1.807) is 0 Å². The van der Waals surface area contributed by atoms with Crippen LogP contribution >= 0.6 is 0 Å². The fourth-order valence-corrected chi connectivity index (χ4v) is 6.83. The third-order valence-corrected chi connectivity index (χ3v) is 9.57. The molecule has 3 aromatic rings. The average Bonchev–Trinajstić information content (AvgIpc) is 3.41. The molecule has 1 saturated heterocycles. The van der Waals surface area contributed by atoms with Gasteiger partial charge in [-0.25, -0.2) is 0 Å². The molecule has 2 aromatic carbocycles. The summed E-state index contributed by atoms with van der Waals surface area (Å²) in [5.74, 6) is -0.906. The number of fused-ring (bicyclic) bond motifs is 1. The molecule has 43 heavy (non-hydrogen) atoms. The maximum Gasteiger partial charge on any atom is 0.252 e. The predicted octanol–water partition coefficient (Wildman–Crippen LogP) is 4.65. The van der Waals surface area contributed by atoms with Gasteiger partial charge in [-0.15, -0.1) is 0 Å². The summed E-state index contributed by atoms with van der Waals surface area (Å²) in [7, 11) is 0. The Morgan fingerprint density at radius 3 is 2.33 bits per heavy atom. The molecule has 2 heterocycles. The Bertz CT molecular complexity index is 1430. The number of nitrogens with zero attached hydrogens (tertiary/aromatic N) is 3. The second kappa shape index (κ2) is 13.9. The number of para-hydroxylation sites is 1. The average molecular weight is 586 g/mol. The number of imide groups is 1. The lowest BCUT2D eigenvalue weighted by atomic mass is 9.94. The Morgan fingerprint density at radius 1 is 0.977 bits per heavy atom. The van der Waals surface area contributed by atoms with Gasteiger partial charge in [-0.2, -0.15) is 0 Å². The number of hydrogen-bond acceptors (Lipinski definition) is 5. The molecule has 3 amide bonds. The van der Waals surface area contributed by atoms with Gasteiger partial charge in [0.15, 0.2) is 0 Å². The van der Waals surface area contributed by atoms with E-state index in [1.165, 1.54) is 49.5 Å². The Labute approximate surface area is 255 Å². The van der Waals surface area contributed by atoms with Crippen LogP contribution in [0.25, 0.3) is 10.9 Å². The molecule has 2 aliphatic rings. The third-order valence-electron chi connectivity index (χ3n) is 9.57. The lowest BCUT2D eigenvalue weighted by Crippen LogP contribution is -2.55. The van der Waals surface area contributed by atoms with Crippen molar-refractivity contribution in [2.45, 2.75) is 84.8 Å². The normalized spacial score (nSPS) is 17.6. The fourth-order valence-electron chi connectivity index (χ4n) is 6.83. The van der Waals surface area contributed by atoms with Crippen LogP contribution in [0.15, 0.2) is 42.6 Å². The summed E-state index contributed by atoms with van der Waals surface area (Å²) in [5.41, 5.74) is 6.25. The molecule has 0 bridgehead atoms. The number of amides is 3. The summed E-state index contributed by atoms with van der Waals surface area (Å²) in [4.78, 5) is 49.8. The molecular formula is C35H47N5O3. The van der Waals surface area contributed by atoms with Crippen molar-refractivity contribution in [1.29, 1.82) is 0 Å². The van der Waals surface area contributed by atoms with E-state index in [0.717, 1.165) is 59.3 Å². The van der Waals surface area contributed by atoms with E-state index in [2.05, 4.69) is 27.0 Å². The van der Waals surface area contributed by atoms with Crippen LogP contribution in [0.5, 0.6) is 0 Å². The number of aromatic nitrogens is 1. The number of nitrogens with one attached hydrogen (secondary N) is 2. The first-order valence-electron chi connectivity index (χ1n) is 15.9. The lowest BCUT2D eigenvalue weighted by Gasteiger charge is -2.40. The molecule has 1 aromatic heterocycles. The largest absolute Gasteiger partial charge is 0.361 e. The minimum Gasteiger partial charge on any atom is -0.361 e. The van der Waals surface area contributed by atoms with Gasteiger partial charge in [0.2, 0.25) is 11.8 Å². The van der Waals surface area contributed by atoms with Crippen LogP contribution < -0.4 is 5.32 Å². The first-order chi connectivity index (χ1) is 20.7. The highest BCUT2D eigenvalue weighted by molar-refractivity contribution is 5.99. The number of aromatic amines is 1. The van der Waals surface area contributed by atoms with Gasteiger partial charge in [0, 0.05) is 62.7 Å². The van der Waals surface area contributed by atoms with Crippen LogP contribution in [-0.2, 0) is 27.3 Å². The molecule has 0 radical (unpaired) electrons. The van der Waals surface area contributed by atoms with E-state index < -0.39 is 6.04 Å². The first-order valence-corrected chi connectivity index (χ1v) is 15.9. The monoisotopic (exact) mass is 585 g/mol. The maximum absolute atomic E-state index is 14.1. The summed E-state index contributed by atoms with van der Waals surface area (Å²) in [5, 5.41) is 4.05. The summed E-state index contributed by atoms with van der Waals surface area (Å²) >= 11 is 0. The van der Waals surface area contributed by atoms with Crippen molar-refractivity contribution in [3.05, 3.63) is 70.4 Å². The lowest BCUT2D eigenvalue weighted by molar-refractivity contribution is -0.147. The zero-order valence-electron chi connectivity index (χ0n) is 26.2. The molecule has 230 valence electrons. The Kier molecular flexibility index (Phi) is 9.98. The predicted molar refractivity (Wildman–Crippen MR) is 171 cm³/mol. The number of benzene rings is 2. The van der Waals surface area contributed by atoms with E-state index in [9.17, 15) is 14.4 Å². The van der Waals surface area contributed by atoms with Crippen molar-refractivity contribution in [3.8, 4) is 0 Å². The highest BCUT2D eigenvalue weighted by Crippen LogP contribution is 2.24. The Morgan fingerprint density at radius 2 is 1.65 bits per heavy atom. The number of carbonyl (C=O) groups excluding carboxylic acids is 3. The summed E-state index contributed by atoms with van der Waals surface area (Å²) in [6, 6.07) is 11.8. The topological polar surface area (TPSA) is 88.8 Å². The van der Waals surface area contributed by atoms with E-state index >= 15 is 0 Å². The Balaban J connectivity index is 1.30. The summed E-state index contributed by atoms with van der Waals surface area (Å²) in [6.07, 6.45) is 8.74. The highest BCUT2D eigenvalue weighted by atomic mass is 16.2. The standard InChI is InChI=1S/C35H47N5O3/c1-24-18-28(19-25(2)26(24)3)22-40(27(4)41)35(43)33(20-29-21-36-32-13-9-8-12-31(29)32)37-34(42)23-38-14-16-39(17-15-38)30-10-6-5-7-11-30/h8-9,12-13,18-19,21,30,33,36H,5-7,10-11,14-17,20,22-23H2,1-4H3,(H,37,42). The van der Waals surface area contributed by atoms with Crippen LogP contribution in [0, 0.1) is 20.8 Å². The van der Waals surface area contributed by atoms with Gasteiger partial charge in [-0.05, 0) is 67.5 Å². The van der Waals surface area contributed by atoms with Crippen LogP contribution in [-0.4, -0.2) is 82.2 Å². The van der Waals surface area contributed by atoms with Crippen molar-refractivity contribution in [1.82, 2.24) is 25.0 Å². The number of piperazine rings is 1. The van der Waals surface area contributed by atoms with Crippen LogP contribution in [0.2, 0.25) is 0 Å². The van der Waals surface area contributed by atoms with Crippen LogP contribution in [0.1, 0.15) is 66.8 Å². The van der Waals surface area contributed by atoms with Crippen molar-refractivity contribution >= 4 is 28.6 Å². The number of carbonyl (C=O) groups is 3. The Hall–Kier alpha value is -3.49. The molecule has 1 aliphatic carbocycles. The van der Waals surface area contributed by atoms with Crippen molar-refractivity contribution < 1.29 is 14.4 Å². The van der Waals surface area contributed by atoms with Gasteiger partial charge in [0.05, 0.1) is 13.1 Å². The minimum absolute atomic E-state index is 0.166. The van der Waals surface area contributed by atoms with E-state index in [-0.39, 0.29) is 30.8 Å². The van der Waals surface area contributed by atoms with Crippen molar-refractivity contribution in [3.63, 3.8) is 0 Å². The fraction of sp³-hybridized carbons (Fsp3) is 0.514. The molecule has 1 atom stereocenters. The molecule has 8 heteroatoms. The molecule has 8 nitrogen and oxygen atoms in total. The van der Waals surface area contributed by atoms with Gasteiger partial charge in [-0.1, -0.05) is 49.6 Å². The molecule has 1 aliphatic heterocycles. The number of rotatable bonds is 9. The molecule has 1 saturated carbocycles. The van der Waals surface area contributed by atoms with E-state index in [0.29, 0.717) is 12.5 Å². The third kappa shape index (κ3) is 7.54. The van der Waals surface area contributed by atoms with Gasteiger partial charge < -0.3 is 10.3 Å². The van der Waals surface area contributed by atoms with Gasteiger partial charge >= 0.3 is 0 Å². The van der Waals surface area contributed by atoms with Crippen LogP contribution in [0.4, 0.5) is 0 Å². The van der Waals surface area contributed by atoms with Gasteiger partial charge in [0.25, 0.3) is 5.91 Å².